The Morgan fingerprint density at radius 1 is 1.39 bits per heavy atom. The quantitative estimate of drug-likeness (QED) is 0.655. The third-order valence-corrected chi connectivity index (χ3v) is 5.77. The fourth-order valence-electron chi connectivity index (χ4n) is 4.64. The van der Waals surface area contributed by atoms with E-state index in [2.05, 4.69) is 32.9 Å². The Labute approximate surface area is 110 Å². The lowest BCUT2D eigenvalue weighted by Crippen LogP contribution is -2.43. The summed E-state index contributed by atoms with van der Waals surface area (Å²) in [7, 11) is 1.76. The summed E-state index contributed by atoms with van der Waals surface area (Å²) in [5.41, 5.74) is 1.85. The van der Waals surface area contributed by atoms with Crippen molar-refractivity contribution < 1.29 is 9.47 Å². The van der Waals surface area contributed by atoms with Crippen molar-refractivity contribution in [3.63, 3.8) is 0 Å². The molecule has 4 atom stereocenters. The van der Waals surface area contributed by atoms with Gasteiger partial charge >= 0.3 is 0 Å². The van der Waals surface area contributed by atoms with E-state index in [1.54, 1.807) is 12.7 Å². The first-order chi connectivity index (χ1) is 8.51. The van der Waals surface area contributed by atoms with Gasteiger partial charge in [-0.3, -0.25) is 0 Å². The molecule has 0 radical (unpaired) electrons. The van der Waals surface area contributed by atoms with Crippen LogP contribution in [-0.4, -0.2) is 13.4 Å². The van der Waals surface area contributed by atoms with Crippen LogP contribution in [0.3, 0.4) is 0 Å². The minimum atomic E-state index is -0.105. The Morgan fingerprint density at radius 2 is 2.17 bits per heavy atom. The summed E-state index contributed by atoms with van der Waals surface area (Å²) in [6, 6.07) is 0. The number of hydrogen-bond acceptors (Lipinski definition) is 2. The third kappa shape index (κ3) is 1.38. The number of ether oxygens (including phenoxy) is 2. The van der Waals surface area contributed by atoms with Crippen LogP contribution in [0.2, 0.25) is 0 Å². The summed E-state index contributed by atoms with van der Waals surface area (Å²) in [4.78, 5) is 0. The van der Waals surface area contributed by atoms with Crippen molar-refractivity contribution in [1.82, 2.24) is 0 Å². The molecule has 3 aliphatic rings. The van der Waals surface area contributed by atoms with Crippen LogP contribution in [0.4, 0.5) is 0 Å². The van der Waals surface area contributed by atoms with Gasteiger partial charge in [-0.05, 0) is 49.5 Å². The molecule has 0 amide bonds. The van der Waals surface area contributed by atoms with E-state index in [9.17, 15) is 0 Å². The van der Waals surface area contributed by atoms with Crippen molar-refractivity contribution >= 4 is 0 Å². The second-order valence-corrected chi connectivity index (χ2v) is 6.79. The molecule has 0 unspecified atom stereocenters. The highest BCUT2D eigenvalue weighted by Crippen LogP contribution is 2.65. The van der Waals surface area contributed by atoms with Crippen LogP contribution in [0.25, 0.3) is 0 Å². The van der Waals surface area contributed by atoms with Gasteiger partial charge in [-0.25, -0.2) is 0 Å². The van der Waals surface area contributed by atoms with Gasteiger partial charge in [0.1, 0.15) is 0 Å². The van der Waals surface area contributed by atoms with Gasteiger partial charge in [0.25, 0.3) is 0 Å². The van der Waals surface area contributed by atoms with Crippen LogP contribution in [0.1, 0.15) is 40.0 Å². The zero-order valence-corrected chi connectivity index (χ0v) is 11.9. The van der Waals surface area contributed by atoms with Crippen molar-refractivity contribution in [2.75, 3.05) is 7.11 Å². The van der Waals surface area contributed by atoms with Crippen molar-refractivity contribution in [1.29, 1.82) is 0 Å². The van der Waals surface area contributed by atoms with E-state index in [-0.39, 0.29) is 17.1 Å². The second kappa shape index (κ2) is 3.86. The molecule has 3 rings (SSSR count). The average Bonchev–Trinajstić information content (AvgIpc) is 2.81. The van der Waals surface area contributed by atoms with E-state index in [4.69, 9.17) is 9.47 Å². The highest BCUT2D eigenvalue weighted by molar-refractivity contribution is 5.24. The van der Waals surface area contributed by atoms with E-state index in [0.29, 0.717) is 5.92 Å². The summed E-state index contributed by atoms with van der Waals surface area (Å²) in [5, 5.41) is 0. The van der Waals surface area contributed by atoms with Crippen molar-refractivity contribution in [3.05, 3.63) is 24.0 Å². The van der Waals surface area contributed by atoms with Gasteiger partial charge in [0, 0.05) is 7.11 Å². The monoisotopic (exact) mass is 248 g/mol. The van der Waals surface area contributed by atoms with E-state index >= 15 is 0 Å². The molecule has 1 fully saturated rings. The Balaban J connectivity index is 2.01. The van der Waals surface area contributed by atoms with Crippen LogP contribution in [0.5, 0.6) is 0 Å². The van der Waals surface area contributed by atoms with Crippen LogP contribution >= 0.6 is 0 Å². The highest BCUT2D eigenvalue weighted by atomic mass is 16.7. The van der Waals surface area contributed by atoms with Crippen LogP contribution in [-0.2, 0) is 9.47 Å². The molecule has 100 valence electrons. The van der Waals surface area contributed by atoms with Gasteiger partial charge in [-0.2, -0.15) is 0 Å². The Bertz CT molecular complexity index is 407. The van der Waals surface area contributed by atoms with Crippen LogP contribution in [0, 0.1) is 22.7 Å². The lowest BCUT2D eigenvalue weighted by molar-refractivity contribution is -0.158. The van der Waals surface area contributed by atoms with Crippen molar-refractivity contribution in [2.24, 2.45) is 22.7 Å². The van der Waals surface area contributed by atoms with Crippen molar-refractivity contribution in [3.8, 4) is 0 Å². The molecule has 0 aromatic rings. The van der Waals surface area contributed by atoms with E-state index < -0.39 is 0 Å². The lowest BCUT2D eigenvalue weighted by Gasteiger charge is -2.43. The maximum Gasteiger partial charge on any atom is 0.208 e. The standard InChI is InChI=1S/C16H24O2/c1-11-5-6-13-12(9-11)10-16(15(13,2)3)7-8-18-14(16)17-4/h7-9,12-14H,5-6,10H2,1-4H3/t12-,13-,14-,16+/m1/s1. The summed E-state index contributed by atoms with van der Waals surface area (Å²) in [6.07, 6.45) is 10.2. The smallest absolute Gasteiger partial charge is 0.208 e. The van der Waals surface area contributed by atoms with Gasteiger partial charge < -0.3 is 9.47 Å². The molecule has 2 heteroatoms. The van der Waals surface area contributed by atoms with E-state index in [1.165, 1.54) is 12.8 Å². The summed E-state index contributed by atoms with van der Waals surface area (Å²) in [5.74, 6) is 1.45. The number of allylic oxidation sites excluding steroid dienone is 2. The lowest BCUT2D eigenvalue weighted by atomic mass is 9.63. The normalized spacial score (nSPS) is 44.9. The van der Waals surface area contributed by atoms with Gasteiger partial charge in [0.05, 0.1) is 11.7 Å². The van der Waals surface area contributed by atoms with E-state index in [0.717, 1.165) is 12.3 Å². The molecule has 1 aliphatic heterocycles. The minimum Gasteiger partial charge on any atom is -0.472 e. The summed E-state index contributed by atoms with van der Waals surface area (Å²) in [6.45, 7) is 7.07. The molecule has 2 aliphatic carbocycles. The fraction of sp³-hybridized carbons (Fsp3) is 0.750. The third-order valence-electron chi connectivity index (χ3n) is 5.77. The summed E-state index contributed by atoms with van der Waals surface area (Å²) >= 11 is 0. The largest absolute Gasteiger partial charge is 0.472 e. The molecule has 2 nitrogen and oxygen atoms in total. The molecule has 0 bridgehead atoms. The first kappa shape index (κ1) is 12.3. The number of hydrogen-bond donors (Lipinski definition) is 0. The molecule has 1 heterocycles. The molecule has 1 saturated carbocycles. The molecule has 18 heavy (non-hydrogen) atoms. The van der Waals surface area contributed by atoms with Gasteiger partial charge in [0.2, 0.25) is 6.29 Å². The van der Waals surface area contributed by atoms with Crippen molar-refractivity contribution in [2.45, 2.75) is 46.3 Å². The zero-order chi connectivity index (χ0) is 13.0. The predicted molar refractivity (Wildman–Crippen MR) is 71.8 cm³/mol. The van der Waals surface area contributed by atoms with Crippen LogP contribution in [0.15, 0.2) is 24.0 Å². The summed E-state index contributed by atoms with van der Waals surface area (Å²) < 4.78 is 11.3. The maximum atomic E-state index is 5.68. The fourth-order valence-corrected chi connectivity index (χ4v) is 4.64. The first-order valence-electron chi connectivity index (χ1n) is 7.04. The zero-order valence-electron chi connectivity index (χ0n) is 11.9. The predicted octanol–water partition coefficient (Wildman–Crippen LogP) is 3.89. The Kier molecular flexibility index (Phi) is 2.64. The van der Waals surface area contributed by atoms with Gasteiger partial charge in [-0.15, -0.1) is 0 Å². The van der Waals surface area contributed by atoms with Gasteiger partial charge in [-0.1, -0.05) is 25.5 Å². The minimum absolute atomic E-state index is 0.0538. The maximum absolute atomic E-state index is 5.68. The van der Waals surface area contributed by atoms with Crippen LogP contribution < -0.4 is 0 Å². The average molecular weight is 248 g/mol. The topological polar surface area (TPSA) is 18.5 Å². The molecule has 0 aromatic heterocycles. The highest BCUT2D eigenvalue weighted by Gasteiger charge is 2.63. The van der Waals surface area contributed by atoms with Gasteiger partial charge in [0.15, 0.2) is 0 Å². The molecule has 1 spiro atoms. The number of methoxy groups -OCH3 is 1. The SMILES string of the molecule is CO[C@@H]1OC=C[C@]12C[C@H]1C=C(C)CC[C@H]1C2(C)C. The first-order valence-corrected chi connectivity index (χ1v) is 7.04. The molecule has 0 saturated heterocycles. The Hall–Kier alpha value is -0.760. The number of rotatable bonds is 1. The molecule has 0 aromatic carbocycles. The Morgan fingerprint density at radius 3 is 2.89 bits per heavy atom. The molecular formula is C16H24O2. The second-order valence-electron chi connectivity index (χ2n) is 6.79. The van der Waals surface area contributed by atoms with E-state index in [1.807, 2.05) is 6.26 Å². The number of fused-ring (bicyclic) bond motifs is 1. The molecular weight excluding hydrogens is 224 g/mol. The molecule has 0 N–H and O–H groups in total.